The highest BCUT2D eigenvalue weighted by atomic mass is 127. The van der Waals surface area contributed by atoms with Gasteiger partial charge in [-0.1, -0.05) is 0 Å². The zero-order chi connectivity index (χ0) is 17.6. The van der Waals surface area contributed by atoms with E-state index < -0.39 is 0 Å². The first-order valence-corrected chi connectivity index (χ1v) is 10.3. The second kappa shape index (κ2) is 8.68. The second-order valence-electron chi connectivity index (χ2n) is 5.92. The number of nitrogens with one attached hydrogen (secondary N) is 1. The van der Waals surface area contributed by atoms with E-state index in [1.54, 1.807) is 0 Å². The summed E-state index contributed by atoms with van der Waals surface area (Å²) in [6.45, 7) is 0. The van der Waals surface area contributed by atoms with Crippen molar-refractivity contribution in [1.29, 1.82) is 5.26 Å². The third-order valence-corrected chi connectivity index (χ3v) is 5.79. The molecule has 1 aliphatic rings. The summed E-state index contributed by atoms with van der Waals surface area (Å²) in [4.78, 5) is 16.7. The van der Waals surface area contributed by atoms with E-state index in [0.717, 1.165) is 39.2 Å². The molecule has 4 nitrogen and oxygen atoms in total. The van der Waals surface area contributed by atoms with Gasteiger partial charge in [0.2, 0.25) is 5.91 Å². The van der Waals surface area contributed by atoms with Gasteiger partial charge < -0.3 is 5.32 Å². The topological polar surface area (TPSA) is 65.8 Å². The number of thioether (sulfide) groups is 1. The SMILES string of the molecule is N#Cc1cc2c(nc1SCCC(=O)Nc1ccc(I)cc1)CCCC2. The van der Waals surface area contributed by atoms with Crippen LogP contribution in [0.4, 0.5) is 5.69 Å². The minimum absolute atomic E-state index is 0.0230. The van der Waals surface area contributed by atoms with Gasteiger partial charge in [-0.15, -0.1) is 11.8 Å². The summed E-state index contributed by atoms with van der Waals surface area (Å²) < 4.78 is 1.13. The van der Waals surface area contributed by atoms with E-state index in [-0.39, 0.29) is 5.91 Å². The predicted octanol–water partition coefficient (Wildman–Crippen LogP) is 4.56. The number of carbonyl (C=O) groups is 1. The van der Waals surface area contributed by atoms with Crippen LogP contribution in [0.3, 0.4) is 0 Å². The lowest BCUT2D eigenvalue weighted by atomic mass is 9.95. The van der Waals surface area contributed by atoms with Gasteiger partial charge in [-0.25, -0.2) is 4.98 Å². The summed E-state index contributed by atoms with van der Waals surface area (Å²) in [5.41, 5.74) is 3.77. The molecule has 3 rings (SSSR count). The van der Waals surface area contributed by atoms with Gasteiger partial charge in [0.25, 0.3) is 0 Å². The summed E-state index contributed by atoms with van der Waals surface area (Å²) in [6, 6.07) is 11.9. The average molecular weight is 463 g/mol. The first-order chi connectivity index (χ1) is 12.2. The normalized spacial score (nSPS) is 13.0. The van der Waals surface area contributed by atoms with Crippen molar-refractivity contribution in [3.8, 4) is 6.07 Å². The maximum atomic E-state index is 12.1. The van der Waals surface area contributed by atoms with Crippen molar-refractivity contribution in [3.05, 3.63) is 50.7 Å². The highest BCUT2D eigenvalue weighted by Gasteiger charge is 2.15. The molecule has 0 bridgehead atoms. The fourth-order valence-electron chi connectivity index (χ4n) is 2.80. The minimum atomic E-state index is -0.0230. The highest BCUT2D eigenvalue weighted by molar-refractivity contribution is 14.1. The van der Waals surface area contributed by atoms with E-state index >= 15 is 0 Å². The molecule has 0 aliphatic heterocycles. The number of nitrogens with zero attached hydrogens (tertiary/aromatic N) is 2. The molecular weight excluding hydrogens is 445 g/mol. The molecule has 2 aromatic rings. The average Bonchev–Trinajstić information content (AvgIpc) is 2.63. The molecule has 6 heteroatoms. The number of carbonyl (C=O) groups excluding carboxylic acids is 1. The number of hydrogen-bond acceptors (Lipinski definition) is 4. The van der Waals surface area contributed by atoms with Crippen molar-refractivity contribution < 1.29 is 4.79 Å². The monoisotopic (exact) mass is 463 g/mol. The number of anilines is 1. The number of hydrogen-bond donors (Lipinski definition) is 1. The third kappa shape index (κ3) is 4.95. The highest BCUT2D eigenvalue weighted by Crippen LogP contribution is 2.27. The zero-order valence-electron chi connectivity index (χ0n) is 13.7. The van der Waals surface area contributed by atoms with Gasteiger partial charge in [0.1, 0.15) is 11.1 Å². The van der Waals surface area contributed by atoms with Gasteiger partial charge >= 0.3 is 0 Å². The molecule has 0 saturated heterocycles. The number of rotatable bonds is 5. The molecule has 0 atom stereocenters. The smallest absolute Gasteiger partial charge is 0.225 e. The lowest BCUT2D eigenvalue weighted by Crippen LogP contribution is -2.12. The standard InChI is InChI=1S/C19H18IN3OS/c20-15-5-7-16(8-6-15)22-18(24)9-10-25-19-14(12-21)11-13-3-1-2-4-17(13)23-19/h5-8,11H,1-4,9-10H2,(H,22,24). The van der Waals surface area contributed by atoms with Crippen molar-refractivity contribution in [2.45, 2.75) is 37.1 Å². The molecule has 0 spiro atoms. The number of fused-ring (bicyclic) bond motifs is 1. The van der Waals surface area contributed by atoms with Crippen LogP contribution in [0.2, 0.25) is 0 Å². The van der Waals surface area contributed by atoms with E-state index in [1.807, 2.05) is 30.3 Å². The fraction of sp³-hybridized carbons (Fsp3) is 0.316. The molecule has 1 aromatic heterocycles. The van der Waals surface area contributed by atoms with Crippen LogP contribution in [0.5, 0.6) is 0 Å². The second-order valence-corrected chi connectivity index (χ2v) is 8.25. The van der Waals surface area contributed by atoms with Gasteiger partial charge in [0.15, 0.2) is 0 Å². The maximum absolute atomic E-state index is 12.1. The molecule has 1 heterocycles. The maximum Gasteiger partial charge on any atom is 0.225 e. The number of amides is 1. The van der Waals surface area contributed by atoms with Crippen molar-refractivity contribution >= 4 is 45.9 Å². The molecule has 1 aliphatic carbocycles. The third-order valence-electron chi connectivity index (χ3n) is 4.08. The Kier molecular flexibility index (Phi) is 6.32. The first kappa shape index (κ1) is 18.2. The summed E-state index contributed by atoms with van der Waals surface area (Å²) in [7, 11) is 0. The Bertz CT molecular complexity index is 815. The van der Waals surface area contributed by atoms with Crippen LogP contribution in [0.1, 0.15) is 36.1 Å². The summed E-state index contributed by atoms with van der Waals surface area (Å²) in [5, 5.41) is 13.0. The van der Waals surface area contributed by atoms with Crippen LogP contribution in [0.25, 0.3) is 0 Å². The molecule has 1 amide bonds. The van der Waals surface area contributed by atoms with E-state index in [2.05, 4.69) is 39.0 Å². The van der Waals surface area contributed by atoms with Crippen LogP contribution in [-0.4, -0.2) is 16.6 Å². The van der Waals surface area contributed by atoms with Crippen molar-refractivity contribution in [2.24, 2.45) is 0 Å². The van der Waals surface area contributed by atoms with Crippen molar-refractivity contribution in [1.82, 2.24) is 4.98 Å². The Balaban J connectivity index is 1.57. The number of benzene rings is 1. The Labute approximate surface area is 165 Å². The number of halogens is 1. The molecule has 0 saturated carbocycles. The van der Waals surface area contributed by atoms with Crippen molar-refractivity contribution in [3.63, 3.8) is 0 Å². The lowest BCUT2D eigenvalue weighted by molar-refractivity contribution is -0.115. The molecule has 1 aromatic carbocycles. The number of aromatic nitrogens is 1. The molecule has 0 fully saturated rings. The summed E-state index contributed by atoms with van der Waals surface area (Å²) in [6.07, 6.45) is 4.72. The Hall–Kier alpha value is -1.59. The largest absolute Gasteiger partial charge is 0.326 e. The molecule has 128 valence electrons. The van der Waals surface area contributed by atoms with Gasteiger partial charge in [-0.05, 0) is 84.2 Å². The van der Waals surface area contributed by atoms with Crippen LogP contribution in [0, 0.1) is 14.9 Å². The quantitative estimate of drug-likeness (QED) is 0.522. The van der Waals surface area contributed by atoms with Crippen LogP contribution < -0.4 is 5.32 Å². The summed E-state index contributed by atoms with van der Waals surface area (Å²) >= 11 is 3.72. The molecule has 0 unspecified atom stereocenters. The molecule has 0 radical (unpaired) electrons. The molecular formula is C19H18IN3OS. The van der Waals surface area contributed by atoms with Crippen LogP contribution in [-0.2, 0) is 17.6 Å². The number of nitriles is 1. The van der Waals surface area contributed by atoms with Crippen LogP contribution >= 0.6 is 34.4 Å². The number of pyridine rings is 1. The molecule has 25 heavy (non-hydrogen) atoms. The van der Waals surface area contributed by atoms with E-state index in [1.165, 1.54) is 23.7 Å². The Morgan fingerprint density at radius 1 is 1.28 bits per heavy atom. The fourth-order valence-corrected chi connectivity index (χ4v) is 4.08. The van der Waals surface area contributed by atoms with Crippen molar-refractivity contribution in [2.75, 3.05) is 11.1 Å². The lowest BCUT2D eigenvalue weighted by Gasteiger charge is -2.16. The van der Waals surface area contributed by atoms with Gasteiger partial charge in [0, 0.05) is 27.1 Å². The zero-order valence-corrected chi connectivity index (χ0v) is 16.7. The van der Waals surface area contributed by atoms with E-state index in [0.29, 0.717) is 17.7 Å². The minimum Gasteiger partial charge on any atom is -0.326 e. The van der Waals surface area contributed by atoms with E-state index in [9.17, 15) is 10.1 Å². The van der Waals surface area contributed by atoms with Gasteiger partial charge in [-0.2, -0.15) is 5.26 Å². The predicted molar refractivity (Wildman–Crippen MR) is 109 cm³/mol. The van der Waals surface area contributed by atoms with Gasteiger partial charge in [-0.3, -0.25) is 4.79 Å². The van der Waals surface area contributed by atoms with E-state index in [4.69, 9.17) is 0 Å². The number of aryl methyl sites for hydroxylation is 2. The Morgan fingerprint density at radius 3 is 2.80 bits per heavy atom. The first-order valence-electron chi connectivity index (χ1n) is 8.27. The Morgan fingerprint density at radius 2 is 2.04 bits per heavy atom. The molecule has 1 N–H and O–H groups in total. The van der Waals surface area contributed by atoms with Gasteiger partial charge in [0.05, 0.1) is 5.56 Å². The van der Waals surface area contributed by atoms with Crippen LogP contribution in [0.15, 0.2) is 35.4 Å². The summed E-state index contributed by atoms with van der Waals surface area (Å²) in [5.74, 6) is 0.585.